The van der Waals surface area contributed by atoms with Crippen LogP contribution in [0.25, 0.3) is 22.8 Å². The van der Waals surface area contributed by atoms with Crippen LogP contribution in [-0.4, -0.2) is 10.8 Å². The van der Waals surface area contributed by atoms with Crippen LogP contribution < -0.4 is 0 Å². The number of hydrogen-bond donors (Lipinski definition) is 0. The maximum atomic E-state index is 13.0. The van der Waals surface area contributed by atoms with Crippen LogP contribution in [0.5, 0.6) is 0 Å². The van der Waals surface area contributed by atoms with Crippen molar-refractivity contribution in [3.05, 3.63) is 102 Å². The molecule has 3 heteroatoms. The molecule has 25 heavy (non-hydrogen) atoms. The van der Waals surface area contributed by atoms with E-state index in [9.17, 15) is 4.79 Å². The standard InChI is InChI=1S/C22H15NO2/c24-20(16-10-4-1-5-11-16)19-21(17-12-6-2-7-13-17)25-22(23-19)18-14-8-3-9-15-18/h1-15H. The summed E-state index contributed by atoms with van der Waals surface area (Å²) in [6.07, 6.45) is 0. The predicted molar refractivity (Wildman–Crippen MR) is 97.2 cm³/mol. The van der Waals surface area contributed by atoms with E-state index in [1.165, 1.54) is 0 Å². The van der Waals surface area contributed by atoms with Gasteiger partial charge in [0, 0.05) is 16.7 Å². The molecule has 0 aliphatic heterocycles. The molecular formula is C22H15NO2. The Balaban J connectivity index is 1.87. The minimum atomic E-state index is -0.148. The minimum Gasteiger partial charge on any atom is -0.435 e. The Labute approximate surface area is 145 Å². The largest absolute Gasteiger partial charge is 0.435 e. The summed E-state index contributed by atoms with van der Waals surface area (Å²) < 4.78 is 6.00. The van der Waals surface area contributed by atoms with Crippen LogP contribution in [0.2, 0.25) is 0 Å². The zero-order chi connectivity index (χ0) is 17.1. The van der Waals surface area contributed by atoms with Gasteiger partial charge in [0.25, 0.3) is 0 Å². The second-order valence-corrected chi connectivity index (χ2v) is 5.62. The third-order valence-electron chi connectivity index (χ3n) is 3.93. The van der Waals surface area contributed by atoms with Gasteiger partial charge in [-0.3, -0.25) is 4.79 Å². The number of carbonyl (C=O) groups is 1. The van der Waals surface area contributed by atoms with Gasteiger partial charge in [-0.25, -0.2) is 4.98 Å². The van der Waals surface area contributed by atoms with Crippen molar-refractivity contribution >= 4 is 5.78 Å². The molecule has 4 aromatic rings. The van der Waals surface area contributed by atoms with E-state index in [1.54, 1.807) is 12.1 Å². The SMILES string of the molecule is O=C(c1ccccc1)c1nc(-c2ccccc2)oc1-c1ccccc1. The molecular weight excluding hydrogens is 310 g/mol. The molecule has 0 spiro atoms. The van der Waals surface area contributed by atoms with Crippen molar-refractivity contribution in [2.75, 3.05) is 0 Å². The third-order valence-corrected chi connectivity index (χ3v) is 3.93. The minimum absolute atomic E-state index is 0.148. The number of rotatable bonds is 4. The number of benzene rings is 3. The molecule has 1 aromatic heterocycles. The Morgan fingerprint density at radius 3 is 1.80 bits per heavy atom. The number of nitrogens with zero attached hydrogens (tertiary/aromatic N) is 1. The highest BCUT2D eigenvalue weighted by atomic mass is 16.4. The molecule has 0 fully saturated rings. The van der Waals surface area contributed by atoms with E-state index in [-0.39, 0.29) is 5.78 Å². The zero-order valence-electron chi connectivity index (χ0n) is 13.4. The first-order valence-corrected chi connectivity index (χ1v) is 8.04. The lowest BCUT2D eigenvalue weighted by Crippen LogP contribution is -2.03. The van der Waals surface area contributed by atoms with Gasteiger partial charge in [0.1, 0.15) is 0 Å². The van der Waals surface area contributed by atoms with E-state index in [0.29, 0.717) is 22.9 Å². The molecule has 0 atom stereocenters. The smallest absolute Gasteiger partial charge is 0.227 e. The molecule has 0 aliphatic rings. The molecule has 0 aliphatic carbocycles. The summed E-state index contributed by atoms with van der Waals surface area (Å²) >= 11 is 0. The molecule has 4 rings (SSSR count). The van der Waals surface area contributed by atoms with Crippen LogP contribution in [0.1, 0.15) is 16.1 Å². The Morgan fingerprint density at radius 2 is 1.20 bits per heavy atom. The fourth-order valence-corrected chi connectivity index (χ4v) is 2.69. The molecule has 3 aromatic carbocycles. The Hall–Kier alpha value is -3.46. The summed E-state index contributed by atoms with van der Waals surface area (Å²) in [5.41, 5.74) is 2.59. The van der Waals surface area contributed by atoms with Gasteiger partial charge in [0.2, 0.25) is 11.7 Å². The maximum Gasteiger partial charge on any atom is 0.227 e. The van der Waals surface area contributed by atoms with Crippen molar-refractivity contribution in [1.29, 1.82) is 0 Å². The number of aromatic nitrogens is 1. The summed E-state index contributed by atoms with van der Waals surface area (Å²) in [7, 11) is 0. The summed E-state index contributed by atoms with van der Waals surface area (Å²) in [6.45, 7) is 0. The lowest BCUT2D eigenvalue weighted by molar-refractivity contribution is 0.103. The molecule has 3 nitrogen and oxygen atoms in total. The van der Waals surface area contributed by atoms with Gasteiger partial charge >= 0.3 is 0 Å². The molecule has 0 amide bonds. The monoisotopic (exact) mass is 325 g/mol. The van der Waals surface area contributed by atoms with E-state index in [4.69, 9.17) is 4.42 Å². The number of carbonyl (C=O) groups excluding carboxylic acids is 1. The van der Waals surface area contributed by atoms with Crippen LogP contribution in [0, 0.1) is 0 Å². The van der Waals surface area contributed by atoms with Crippen molar-refractivity contribution in [2.24, 2.45) is 0 Å². The maximum absolute atomic E-state index is 13.0. The van der Waals surface area contributed by atoms with Crippen molar-refractivity contribution in [3.8, 4) is 22.8 Å². The van der Waals surface area contributed by atoms with Crippen LogP contribution in [0.15, 0.2) is 95.4 Å². The van der Waals surface area contributed by atoms with Gasteiger partial charge in [0.05, 0.1) is 0 Å². The van der Waals surface area contributed by atoms with E-state index in [0.717, 1.165) is 11.1 Å². The van der Waals surface area contributed by atoms with Crippen molar-refractivity contribution < 1.29 is 9.21 Å². The highest BCUT2D eigenvalue weighted by Gasteiger charge is 2.23. The molecule has 0 saturated carbocycles. The molecule has 0 bridgehead atoms. The first-order valence-electron chi connectivity index (χ1n) is 8.04. The third kappa shape index (κ3) is 3.00. The molecule has 120 valence electrons. The van der Waals surface area contributed by atoms with Gasteiger partial charge in [-0.15, -0.1) is 0 Å². The average Bonchev–Trinajstić information content (AvgIpc) is 3.15. The van der Waals surface area contributed by atoms with Crippen LogP contribution in [-0.2, 0) is 0 Å². The summed E-state index contributed by atoms with van der Waals surface area (Å²) in [6, 6.07) is 28.3. The van der Waals surface area contributed by atoms with Crippen LogP contribution >= 0.6 is 0 Å². The topological polar surface area (TPSA) is 43.1 Å². The lowest BCUT2D eigenvalue weighted by atomic mass is 10.0. The van der Waals surface area contributed by atoms with Gasteiger partial charge < -0.3 is 4.42 Å². The average molecular weight is 325 g/mol. The van der Waals surface area contributed by atoms with E-state index in [2.05, 4.69) is 4.98 Å². The van der Waals surface area contributed by atoms with Crippen molar-refractivity contribution in [2.45, 2.75) is 0 Å². The number of oxazole rings is 1. The predicted octanol–water partition coefficient (Wildman–Crippen LogP) is 5.24. The van der Waals surface area contributed by atoms with E-state index >= 15 is 0 Å². The summed E-state index contributed by atoms with van der Waals surface area (Å²) in [5.74, 6) is 0.789. The van der Waals surface area contributed by atoms with Gasteiger partial charge in [-0.2, -0.15) is 0 Å². The number of hydrogen-bond acceptors (Lipinski definition) is 3. The highest BCUT2D eigenvalue weighted by Crippen LogP contribution is 2.31. The van der Waals surface area contributed by atoms with E-state index < -0.39 is 0 Å². The van der Waals surface area contributed by atoms with Crippen LogP contribution in [0.3, 0.4) is 0 Å². The van der Waals surface area contributed by atoms with Crippen molar-refractivity contribution in [1.82, 2.24) is 4.98 Å². The molecule has 0 unspecified atom stereocenters. The normalized spacial score (nSPS) is 10.6. The first-order chi connectivity index (χ1) is 12.3. The Kier molecular flexibility index (Phi) is 3.97. The van der Waals surface area contributed by atoms with Gasteiger partial charge in [-0.05, 0) is 12.1 Å². The molecule has 0 N–H and O–H groups in total. The fourth-order valence-electron chi connectivity index (χ4n) is 2.69. The quantitative estimate of drug-likeness (QED) is 0.482. The molecule has 0 radical (unpaired) electrons. The highest BCUT2D eigenvalue weighted by molar-refractivity contribution is 6.11. The van der Waals surface area contributed by atoms with Gasteiger partial charge in [0.15, 0.2) is 11.5 Å². The van der Waals surface area contributed by atoms with Crippen molar-refractivity contribution in [3.63, 3.8) is 0 Å². The van der Waals surface area contributed by atoms with Gasteiger partial charge in [-0.1, -0.05) is 78.9 Å². The molecule has 1 heterocycles. The Bertz CT molecular complexity index is 990. The summed E-state index contributed by atoms with van der Waals surface area (Å²) in [5, 5.41) is 0. The zero-order valence-corrected chi connectivity index (χ0v) is 13.4. The number of ketones is 1. The second kappa shape index (κ2) is 6.57. The second-order valence-electron chi connectivity index (χ2n) is 5.62. The van der Waals surface area contributed by atoms with Crippen LogP contribution in [0.4, 0.5) is 0 Å². The first kappa shape index (κ1) is 15.1. The van der Waals surface area contributed by atoms with E-state index in [1.807, 2.05) is 78.9 Å². The fraction of sp³-hybridized carbons (Fsp3) is 0. The Morgan fingerprint density at radius 1 is 0.680 bits per heavy atom. The lowest BCUT2D eigenvalue weighted by Gasteiger charge is -2.00. The summed E-state index contributed by atoms with van der Waals surface area (Å²) in [4.78, 5) is 17.5. The molecule has 0 saturated heterocycles.